The number of anilines is 2. The Bertz CT molecular complexity index is 848. The molecule has 4 heteroatoms. The normalized spacial score (nSPS) is 23.6. The number of piperidine rings is 1. The van der Waals surface area contributed by atoms with Gasteiger partial charge in [0.2, 0.25) is 0 Å². The van der Waals surface area contributed by atoms with Crippen LogP contribution in [0.4, 0.5) is 11.4 Å². The molecule has 3 aliphatic rings. The maximum Gasteiger partial charge on any atom is 0.0644 e. The standard InChI is InChI=1S/C24H32N4/c1-26-14-15-28-22-11-13-27(12-5-8-18-6-2-3-7-19(18)16-25)17-21(22)20-9-4-10-23(26)24(20)28/h2-4,6-7,9-10,21-22H,5,8,11-17,25H2,1H3/t21-,22-/m0/s1. The molecule has 28 heavy (non-hydrogen) atoms. The van der Waals surface area contributed by atoms with Gasteiger partial charge in [0.1, 0.15) is 0 Å². The van der Waals surface area contributed by atoms with Crippen LogP contribution in [0.15, 0.2) is 42.5 Å². The van der Waals surface area contributed by atoms with Crippen molar-refractivity contribution in [1.82, 2.24) is 4.90 Å². The molecule has 4 nitrogen and oxygen atoms in total. The van der Waals surface area contributed by atoms with Gasteiger partial charge < -0.3 is 20.4 Å². The van der Waals surface area contributed by atoms with Crippen molar-refractivity contribution in [3.8, 4) is 0 Å². The third-order valence-corrected chi connectivity index (χ3v) is 7.14. The number of benzene rings is 2. The second-order valence-electron chi connectivity index (χ2n) is 8.67. The summed E-state index contributed by atoms with van der Waals surface area (Å²) in [7, 11) is 2.24. The zero-order chi connectivity index (χ0) is 19.1. The smallest absolute Gasteiger partial charge is 0.0644 e. The van der Waals surface area contributed by atoms with Crippen molar-refractivity contribution in [2.75, 3.05) is 49.6 Å². The van der Waals surface area contributed by atoms with Gasteiger partial charge in [-0.05, 0) is 48.6 Å². The first-order valence-electron chi connectivity index (χ1n) is 10.9. The van der Waals surface area contributed by atoms with Crippen LogP contribution in [0.25, 0.3) is 0 Å². The van der Waals surface area contributed by atoms with Crippen molar-refractivity contribution in [1.29, 1.82) is 0 Å². The van der Waals surface area contributed by atoms with Gasteiger partial charge in [-0.3, -0.25) is 0 Å². The molecule has 2 atom stereocenters. The Balaban J connectivity index is 1.26. The van der Waals surface area contributed by atoms with Crippen LogP contribution in [-0.2, 0) is 13.0 Å². The molecule has 2 aromatic rings. The van der Waals surface area contributed by atoms with E-state index in [1.807, 2.05) is 0 Å². The van der Waals surface area contributed by atoms with Gasteiger partial charge in [0, 0.05) is 51.7 Å². The zero-order valence-corrected chi connectivity index (χ0v) is 17.0. The molecule has 3 aliphatic heterocycles. The molecule has 5 rings (SSSR count). The molecular formula is C24H32N4. The molecule has 1 fully saturated rings. The largest absolute Gasteiger partial charge is 0.371 e. The van der Waals surface area contributed by atoms with E-state index < -0.39 is 0 Å². The van der Waals surface area contributed by atoms with Gasteiger partial charge in [-0.15, -0.1) is 0 Å². The fourth-order valence-corrected chi connectivity index (χ4v) is 5.67. The van der Waals surface area contributed by atoms with Gasteiger partial charge in [-0.25, -0.2) is 0 Å². The minimum Gasteiger partial charge on any atom is -0.371 e. The van der Waals surface area contributed by atoms with Crippen molar-refractivity contribution in [3.63, 3.8) is 0 Å². The first-order valence-corrected chi connectivity index (χ1v) is 10.9. The highest BCUT2D eigenvalue weighted by molar-refractivity contribution is 5.80. The van der Waals surface area contributed by atoms with E-state index in [-0.39, 0.29) is 0 Å². The predicted octanol–water partition coefficient (Wildman–Crippen LogP) is 3.21. The van der Waals surface area contributed by atoms with Crippen molar-refractivity contribution in [3.05, 3.63) is 59.2 Å². The number of fused-ring (bicyclic) bond motifs is 3. The zero-order valence-electron chi connectivity index (χ0n) is 17.0. The summed E-state index contributed by atoms with van der Waals surface area (Å²) in [6, 6.07) is 16.3. The van der Waals surface area contributed by atoms with Gasteiger partial charge in [0.05, 0.1) is 11.4 Å². The Kier molecular flexibility index (Phi) is 4.77. The van der Waals surface area contributed by atoms with Gasteiger partial charge in [0.15, 0.2) is 0 Å². The van der Waals surface area contributed by atoms with E-state index in [0.717, 1.165) is 13.0 Å². The van der Waals surface area contributed by atoms with Crippen LogP contribution in [0, 0.1) is 0 Å². The lowest BCUT2D eigenvalue weighted by Crippen LogP contribution is -2.49. The first kappa shape index (κ1) is 18.0. The lowest BCUT2D eigenvalue weighted by Gasteiger charge is -2.41. The summed E-state index contributed by atoms with van der Waals surface area (Å²) in [5.74, 6) is 0.673. The minimum absolute atomic E-state index is 0.646. The summed E-state index contributed by atoms with van der Waals surface area (Å²) in [4.78, 5) is 7.86. The third-order valence-electron chi connectivity index (χ3n) is 7.14. The molecule has 0 aromatic heterocycles. The summed E-state index contributed by atoms with van der Waals surface area (Å²) >= 11 is 0. The van der Waals surface area contributed by atoms with Crippen LogP contribution in [0.3, 0.4) is 0 Å². The lowest BCUT2D eigenvalue weighted by atomic mass is 9.89. The van der Waals surface area contributed by atoms with Crippen molar-refractivity contribution in [2.45, 2.75) is 37.8 Å². The minimum atomic E-state index is 0.646. The van der Waals surface area contributed by atoms with E-state index >= 15 is 0 Å². The molecule has 148 valence electrons. The highest BCUT2D eigenvalue weighted by Crippen LogP contribution is 2.50. The molecule has 2 N–H and O–H groups in total. The van der Waals surface area contributed by atoms with E-state index in [9.17, 15) is 0 Å². The molecule has 0 bridgehead atoms. The lowest BCUT2D eigenvalue weighted by molar-refractivity contribution is 0.191. The van der Waals surface area contributed by atoms with E-state index in [4.69, 9.17) is 5.73 Å². The SMILES string of the molecule is CN1CCN2c3c(cccc31)[C@@H]1CN(CCCc3ccccc3CN)CC[C@@H]12. The average molecular weight is 377 g/mol. The molecule has 2 aromatic carbocycles. The van der Waals surface area contributed by atoms with E-state index in [2.05, 4.69) is 64.2 Å². The maximum atomic E-state index is 5.90. The summed E-state index contributed by atoms with van der Waals surface area (Å²) < 4.78 is 0. The van der Waals surface area contributed by atoms with Crippen molar-refractivity contribution < 1.29 is 0 Å². The first-order chi connectivity index (χ1) is 13.8. The maximum absolute atomic E-state index is 5.90. The fraction of sp³-hybridized carbons (Fsp3) is 0.500. The molecule has 3 heterocycles. The number of rotatable bonds is 5. The highest BCUT2D eigenvalue weighted by Gasteiger charge is 2.44. The number of likely N-dealkylation sites (N-methyl/N-ethyl adjacent to an activating group) is 1. The molecule has 0 radical (unpaired) electrons. The number of nitrogens with two attached hydrogens (primary N) is 1. The number of likely N-dealkylation sites (tertiary alicyclic amines) is 1. The Morgan fingerprint density at radius 3 is 2.71 bits per heavy atom. The number of aryl methyl sites for hydroxylation is 1. The Morgan fingerprint density at radius 2 is 1.86 bits per heavy atom. The monoisotopic (exact) mass is 376 g/mol. The summed E-state index contributed by atoms with van der Waals surface area (Å²) in [5, 5.41) is 0. The molecule has 0 spiro atoms. The number of para-hydroxylation sites is 1. The molecule has 0 amide bonds. The molecule has 0 unspecified atom stereocenters. The molecule has 0 aliphatic carbocycles. The van der Waals surface area contributed by atoms with Gasteiger partial charge in [-0.1, -0.05) is 36.4 Å². The Labute approximate surface area is 168 Å². The average Bonchev–Trinajstić information content (AvgIpc) is 3.05. The molecule has 0 saturated carbocycles. The van der Waals surface area contributed by atoms with Crippen molar-refractivity contribution in [2.24, 2.45) is 5.73 Å². The van der Waals surface area contributed by atoms with Crippen LogP contribution in [0.1, 0.15) is 35.4 Å². The summed E-state index contributed by atoms with van der Waals surface area (Å²) in [5.41, 5.74) is 13.2. The Morgan fingerprint density at radius 1 is 1.00 bits per heavy atom. The topological polar surface area (TPSA) is 35.7 Å². The van der Waals surface area contributed by atoms with Gasteiger partial charge in [0.25, 0.3) is 0 Å². The fourth-order valence-electron chi connectivity index (χ4n) is 5.67. The van der Waals surface area contributed by atoms with Crippen LogP contribution in [0.5, 0.6) is 0 Å². The molecular weight excluding hydrogens is 344 g/mol. The predicted molar refractivity (Wildman–Crippen MR) is 117 cm³/mol. The van der Waals surface area contributed by atoms with Gasteiger partial charge >= 0.3 is 0 Å². The van der Waals surface area contributed by atoms with Crippen LogP contribution >= 0.6 is 0 Å². The summed E-state index contributed by atoms with van der Waals surface area (Å²) in [6.07, 6.45) is 3.64. The van der Waals surface area contributed by atoms with Crippen LogP contribution in [-0.4, -0.2) is 50.7 Å². The quantitative estimate of drug-likeness (QED) is 0.869. The Hall–Kier alpha value is -2.04. The second kappa shape index (κ2) is 7.41. The third kappa shape index (κ3) is 2.99. The van der Waals surface area contributed by atoms with Crippen LogP contribution in [0.2, 0.25) is 0 Å². The summed E-state index contributed by atoms with van der Waals surface area (Å²) in [6.45, 7) is 6.60. The van der Waals surface area contributed by atoms with E-state index in [1.165, 1.54) is 61.5 Å². The van der Waals surface area contributed by atoms with Gasteiger partial charge in [-0.2, -0.15) is 0 Å². The van der Waals surface area contributed by atoms with Crippen molar-refractivity contribution >= 4 is 11.4 Å². The number of hydrogen-bond donors (Lipinski definition) is 1. The number of nitrogens with zero attached hydrogens (tertiary/aromatic N) is 3. The van der Waals surface area contributed by atoms with Crippen LogP contribution < -0.4 is 15.5 Å². The van der Waals surface area contributed by atoms with E-state index in [1.54, 1.807) is 5.56 Å². The van der Waals surface area contributed by atoms with E-state index in [0.29, 0.717) is 18.5 Å². The molecule has 1 saturated heterocycles. The highest BCUT2D eigenvalue weighted by atomic mass is 15.3. The number of hydrogen-bond acceptors (Lipinski definition) is 4. The second-order valence-corrected chi connectivity index (χ2v) is 8.67.